The molecule has 0 aliphatic heterocycles. The first kappa shape index (κ1) is 26.7. The molecular weight excluding hydrogens is 528 g/mol. The number of pyridine rings is 1. The van der Waals surface area contributed by atoms with Gasteiger partial charge >= 0.3 is 0 Å². The molecule has 0 radical (unpaired) electrons. The average Bonchev–Trinajstić information content (AvgIpc) is 3.34. The van der Waals surface area contributed by atoms with Crippen LogP contribution in [0.1, 0.15) is 29.7 Å². The Morgan fingerprint density at radius 3 is 2.38 bits per heavy atom. The lowest BCUT2D eigenvalue weighted by Crippen LogP contribution is -2.15. The van der Waals surface area contributed by atoms with Crippen molar-refractivity contribution in [3.63, 3.8) is 0 Å². The number of nitrogens with zero attached hydrogens (tertiary/aromatic N) is 5. The van der Waals surface area contributed by atoms with Crippen molar-refractivity contribution in [3.05, 3.63) is 102 Å². The first-order valence-electron chi connectivity index (χ1n) is 12.3. The third-order valence-corrected chi connectivity index (χ3v) is 7.55. The van der Waals surface area contributed by atoms with Crippen molar-refractivity contribution >= 4 is 38.7 Å². The van der Waals surface area contributed by atoms with Crippen LogP contribution in [-0.4, -0.2) is 45.9 Å². The van der Waals surface area contributed by atoms with E-state index in [-0.39, 0.29) is 10.8 Å². The number of fused-ring (bicyclic) bond motifs is 1. The summed E-state index contributed by atoms with van der Waals surface area (Å²) in [7, 11) is -3.49. The maximum Gasteiger partial charge on any atom is 0.298 e. The van der Waals surface area contributed by atoms with E-state index in [1.165, 1.54) is 18.6 Å². The average molecular weight is 555 g/mol. The van der Waals surface area contributed by atoms with Gasteiger partial charge in [0, 0.05) is 23.6 Å². The Morgan fingerprint density at radius 1 is 1.00 bits per heavy atom. The fourth-order valence-electron chi connectivity index (χ4n) is 4.63. The van der Waals surface area contributed by atoms with Gasteiger partial charge in [-0.3, -0.25) is 4.79 Å². The SMILES string of the molecule is Cc1ccccc1/C(=C(\OC=O)C(C)n1nc(-c2ccc(S(C)(=O)=O)nc2)c2c(N)ncnc21)c1ccccc1. The lowest BCUT2D eigenvalue weighted by Gasteiger charge is -2.21. The molecule has 1 unspecified atom stereocenters. The van der Waals surface area contributed by atoms with E-state index in [1.807, 2.05) is 68.4 Å². The molecular formula is C29H26N6O4S. The number of benzene rings is 2. The van der Waals surface area contributed by atoms with Crippen LogP contribution < -0.4 is 5.73 Å². The summed E-state index contributed by atoms with van der Waals surface area (Å²) in [5.74, 6) is 0.545. The fraction of sp³-hybridized carbons (Fsp3) is 0.138. The van der Waals surface area contributed by atoms with Crippen LogP contribution >= 0.6 is 0 Å². The number of nitrogen functional groups attached to an aromatic ring is 1. The zero-order chi connectivity index (χ0) is 28.4. The van der Waals surface area contributed by atoms with Crippen LogP contribution in [0, 0.1) is 6.92 Å². The van der Waals surface area contributed by atoms with Crippen molar-refractivity contribution in [2.24, 2.45) is 0 Å². The molecule has 3 heterocycles. The highest BCUT2D eigenvalue weighted by Crippen LogP contribution is 2.38. The van der Waals surface area contributed by atoms with Crippen molar-refractivity contribution in [2.45, 2.75) is 24.9 Å². The number of carbonyl (C=O) groups is 1. The Labute approximate surface area is 231 Å². The summed E-state index contributed by atoms with van der Waals surface area (Å²) in [6.07, 6.45) is 3.84. The van der Waals surface area contributed by atoms with Crippen LogP contribution in [0.4, 0.5) is 5.82 Å². The molecule has 0 fully saturated rings. The van der Waals surface area contributed by atoms with Crippen molar-refractivity contribution in [1.82, 2.24) is 24.7 Å². The number of aryl methyl sites for hydroxylation is 1. The highest BCUT2D eigenvalue weighted by molar-refractivity contribution is 7.90. The molecule has 0 saturated carbocycles. The first-order chi connectivity index (χ1) is 19.2. The van der Waals surface area contributed by atoms with E-state index in [0.29, 0.717) is 34.5 Å². The summed E-state index contributed by atoms with van der Waals surface area (Å²) in [5.41, 5.74) is 11.1. The zero-order valence-electron chi connectivity index (χ0n) is 22.0. The van der Waals surface area contributed by atoms with E-state index in [4.69, 9.17) is 15.6 Å². The van der Waals surface area contributed by atoms with Gasteiger partial charge in [-0.25, -0.2) is 28.1 Å². The molecule has 10 nitrogen and oxygen atoms in total. The second kappa shape index (κ2) is 10.7. The number of rotatable bonds is 8. The minimum Gasteiger partial charge on any atom is -0.430 e. The van der Waals surface area contributed by atoms with Crippen molar-refractivity contribution in [2.75, 3.05) is 12.0 Å². The maximum absolute atomic E-state index is 11.9. The predicted octanol–water partition coefficient (Wildman–Crippen LogP) is 4.38. The summed E-state index contributed by atoms with van der Waals surface area (Å²) >= 11 is 0. The van der Waals surface area contributed by atoms with Gasteiger partial charge in [0.1, 0.15) is 29.6 Å². The maximum atomic E-state index is 11.9. The molecule has 0 aliphatic carbocycles. The third-order valence-electron chi connectivity index (χ3n) is 6.55. The van der Waals surface area contributed by atoms with Crippen LogP contribution in [0.25, 0.3) is 27.9 Å². The summed E-state index contributed by atoms with van der Waals surface area (Å²) in [6.45, 7) is 4.24. The largest absolute Gasteiger partial charge is 0.430 e. The molecule has 0 amide bonds. The highest BCUT2D eigenvalue weighted by atomic mass is 32.2. The number of ether oxygens (including phenoxy) is 1. The van der Waals surface area contributed by atoms with Gasteiger partial charge in [-0.2, -0.15) is 5.10 Å². The quantitative estimate of drug-likeness (QED) is 0.218. The zero-order valence-corrected chi connectivity index (χ0v) is 22.8. The van der Waals surface area contributed by atoms with Crippen molar-refractivity contribution in [3.8, 4) is 11.3 Å². The molecule has 5 rings (SSSR count). The van der Waals surface area contributed by atoms with Gasteiger partial charge in [0.05, 0.1) is 5.39 Å². The minimum absolute atomic E-state index is 0.0621. The monoisotopic (exact) mass is 554 g/mol. The van der Waals surface area contributed by atoms with Crippen LogP contribution in [0.2, 0.25) is 0 Å². The smallest absolute Gasteiger partial charge is 0.298 e. The number of nitrogens with two attached hydrogens (primary N) is 1. The van der Waals surface area contributed by atoms with Gasteiger partial charge in [-0.05, 0) is 42.7 Å². The van der Waals surface area contributed by atoms with Gasteiger partial charge < -0.3 is 10.5 Å². The molecule has 5 aromatic rings. The summed E-state index contributed by atoms with van der Waals surface area (Å²) in [5, 5.41) is 5.22. The standard InChI is InChI=1S/C29H26N6O4S/c1-18-9-7-8-12-22(18)24(20-10-5-4-6-11-20)27(39-17-36)19(2)35-29-25(28(30)32-16-33-29)26(34-35)21-13-14-23(31-15-21)40(3,37)38/h4-17,19H,1-3H3,(H2,30,32,33)/b27-24-. The highest BCUT2D eigenvalue weighted by Gasteiger charge is 2.27. The summed E-state index contributed by atoms with van der Waals surface area (Å²) in [6, 6.07) is 19.9. The number of anilines is 1. The van der Waals surface area contributed by atoms with Gasteiger partial charge in [0.15, 0.2) is 20.5 Å². The molecule has 2 aromatic carbocycles. The Morgan fingerprint density at radius 2 is 1.73 bits per heavy atom. The van der Waals surface area contributed by atoms with Gasteiger partial charge in [-0.15, -0.1) is 0 Å². The van der Waals surface area contributed by atoms with Crippen LogP contribution in [0.5, 0.6) is 0 Å². The molecule has 0 saturated heterocycles. The lowest BCUT2D eigenvalue weighted by atomic mass is 9.91. The van der Waals surface area contributed by atoms with Gasteiger partial charge in [-0.1, -0.05) is 54.6 Å². The first-order valence-corrected chi connectivity index (χ1v) is 14.2. The second-order valence-corrected chi connectivity index (χ2v) is 11.2. The number of carbonyl (C=O) groups excluding carboxylic acids is 1. The topological polar surface area (TPSA) is 143 Å². The number of sulfone groups is 1. The lowest BCUT2D eigenvalue weighted by molar-refractivity contribution is -0.125. The minimum atomic E-state index is -3.49. The molecule has 1 atom stereocenters. The number of hydrogen-bond donors (Lipinski definition) is 1. The van der Waals surface area contributed by atoms with E-state index in [1.54, 1.807) is 10.7 Å². The number of hydrogen-bond acceptors (Lipinski definition) is 9. The van der Waals surface area contributed by atoms with Crippen molar-refractivity contribution in [1.29, 1.82) is 0 Å². The van der Waals surface area contributed by atoms with Gasteiger partial charge in [0.2, 0.25) is 0 Å². The molecule has 2 N–H and O–H groups in total. The van der Waals surface area contributed by atoms with E-state index >= 15 is 0 Å². The molecule has 0 bridgehead atoms. The van der Waals surface area contributed by atoms with E-state index in [9.17, 15) is 13.2 Å². The molecule has 11 heteroatoms. The molecule has 0 spiro atoms. The fourth-order valence-corrected chi connectivity index (χ4v) is 5.18. The Hall–Kier alpha value is -4.90. The van der Waals surface area contributed by atoms with Crippen LogP contribution in [0.3, 0.4) is 0 Å². The van der Waals surface area contributed by atoms with E-state index in [2.05, 4.69) is 15.0 Å². The Kier molecular flexibility index (Phi) is 7.14. The second-order valence-electron chi connectivity index (χ2n) is 9.22. The van der Waals surface area contributed by atoms with Gasteiger partial charge in [0.25, 0.3) is 6.47 Å². The van der Waals surface area contributed by atoms with Crippen LogP contribution in [-0.2, 0) is 19.4 Å². The van der Waals surface area contributed by atoms with Crippen molar-refractivity contribution < 1.29 is 17.9 Å². The van der Waals surface area contributed by atoms with Crippen LogP contribution in [0.15, 0.2) is 90.0 Å². The Balaban J connectivity index is 1.77. The normalized spacial score (nSPS) is 13.1. The molecule has 0 aliphatic rings. The Bertz CT molecular complexity index is 1850. The molecule has 202 valence electrons. The number of allylic oxidation sites excluding steroid dienone is 1. The third kappa shape index (κ3) is 4.94. The summed E-state index contributed by atoms with van der Waals surface area (Å²) in [4.78, 5) is 24.6. The number of aromatic nitrogens is 5. The van der Waals surface area contributed by atoms with E-state index in [0.717, 1.165) is 28.5 Å². The van der Waals surface area contributed by atoms with E-state index < -0.39 is 15.9 Å². The molecule has 3 aromatic heterocycles. The predicted molar refractivity (Wildman–Crippen MR) is 152 cm³/mol. The molecule has 40 heavy (non-hydrogen) atoms. The summed E-state index contributed by atoms with van der Waals surface area (Å²) < 4.78 is 31.2.